The highest BCUT2D eigenvalue weighted by Gasteiger charge is 2.32. The zero-order valence-corrected chi connectivity index (χ0v) is 17.0. The Bertz CT molecular complexity index is 1140. The van der Waals surface area contributed by atoms with Crippen molar-refractivity contribution >= 4 is 29.3 Å². The van der Waals surface area contributed by atoms with Crippen molar-refractivity contribution in [3.63, 3.8) is 0 Å². The largest absolute Gasteiger partial charge is 0.442 e. The SMILES string of the molecule is O=C1OC(CNc2ccon2)CN1c1ccc(-c2ccc(N3CCCC3=O)nc2)c(F)c1. The van der Waals surface area contributed by atoms with E-state index in [4.69, 9.17) is 9.26 Å². The van der Waals surface area contributed by atoms with Crippen LogP contribution in [0.1, 0.15) is 12.8 Å². The molecule has 4 heterocycles. The molecular weight excluding hydrogens is 417 g/mol. The van der Waals surface area contributed by atoms with Crippen molar-refractivity contribution in [1.29, 1.82) is 0 Å². The molecule has 2 saturated heterocycles. The molecule has 3 aromatic rings. The first-order valence-corrected chi connectivity index (χ1v) is 10.3. The van der Waals surface area contributed by atoms with Gasteiger partial charge in [0.25, 0.3) is 0 Å². The van der Waals surface area contributed by atoms with Crippen LogP contribution in [0.3, 0.4) is 0 Å². The molecule has 164 valence electrons. The van der Waals surface area contributed by atoms with Crippen molar-refractivity contribution in [2.24, 2.45) is 0 Å². The molecule has 10 heteroatoms. The van der Waals surface area contributed by atoms with E-state index in [9.17, 15) is 14.0 Å². The lowest BCUT2D eigenvalue weighted by Crippen LogP contribution is -2.27. The van der Waals surface area contributed by atoms with Crippen LogP contribution in [0.25, 0.3) is 11.1 Å². The molecule has 1 unspecified atom stereocenters. The second-order valence-electron chi connectivity index (χ2n) is 7.60. The van der Waals surface area contributed by atoms with Crippen molar-refractivity contribution < 1.29 is 23.2 Å². The molecule has 0 spiro atoms. The third-order valence-electron chi connectivity index (χ3n) is 5.50. The van der Waals surface area contributed by atoms with Gasteiger partial charge >= 0.3 is 6.09 Å². The summed E-state index contributed by atoms with van der Waals surface area (Å²) >= 11 is 0. The smallest absolute Gasteiger partial charge is 0.414 e. The summed E-state index contributed by atoms with van der Waals surface area (Å²) in [4.78, 5) is 31.5. The summed E-state index contributed by atoms with van der Waals surface area (Å²) in [6, 6.07) is 9.70. The summed E-state index contributed by atoms with van der Waals surface area (Å²) in [5.41, 5.74) is 1.35. The number of carbonyl (C=O) groups is 2. The lowest BCUT2D eigenvalue weighted by atomic mass is 10.1. The number of cyclic esters (lactones) is 1. The molecule has 2 fully saturated rings. The van der Waals surface area contributed by atoms with Gasteiger partial charge in [-0.2, -0.15) is 0 Å². The third kappa shape index (κ3) is 3.86. The molecule has 0 radical (unpaired) electrons. The average Bonchev–Trinajstić information content (AvgIpc) is 3.54. The minimum atomic E-state index is -0.537. The Kier molecular flexibility index (Phi) is 5.18. The second kappa shape index (κ2) is 8.29. The van der Waals surface area contributed by atoms with Gasteiger partial charge in [0, 0.05) is 36.4 Å². The van der Waals surface area contributed by atoms with E-state index in [1.54, 1.807) is 41.4 Å². The van der Waals surface area contributed by atoms with Crippen molar-refractivity contribution in [3.8, 4) is 11.1 Å². The Balaban J connectivity index is 1.28. The number of halogens is 1. The fourth-order valence-corrected chi connectivity index (χ4v) is 3.86. The van der Waals surface area contributed by atoms with Gasteiger partial charge in [0.15, 0.2) is 5.82 Å². The Morgan fingerprint density at radius 1 is 1.16 bits per heavy atom. The standard InChI is InChI=1S/C22H20FN5O4/c23-18-10-15(28-13-16(32-22(28)30)12-24-19-7-9-31-26-19)4-5-17(18)14-3-6-20(25-11-14)27-8-1-2-21(27)29/h3-7,9-11,16H,1-2,8,12-13H2,(H,24,26). The third-order valence-corrected chi connectivity index (χ3v) is 5.50. The van der Waals surface area contributed by atoms with Gasteiger partial charge in [0.1, 0.15) is 24.0 Å². The van der Waals surface area contributed by atoms with Crippen LogP contribution < -0.4 is 15.1 Å². The first-order chi connectivity index (χ1) is 15.6. The molecule has 1 aromatic carbocycles. The van der Waals surface area contributed by atoms with Gasteiger partial charge in [0.05, 0.1) is 18.8 Å². The predicted molar refractivity (Wildman–Crippen MR) is 114 cm³/mol. The van der Waals surface area contributed by atoms with E-state index in [1.807, 2.05) is 0 Å². The number of amides is 2. The normalized spacial score (nSPS) is 18.3. The van der Waals surface area contributed by atoms with Crippen LogP contribution in [0.5, 0.6) is 0 Å². The van der Waals surface area contributed by atoms with Crippen LogP contribution >= 0.6 is 0 Å². The minimum Gasteiger partial charge on any atom is -0.442 e. The zero-order chi connectivity index (χ0) is 22.1. The number of nitrogens with zero attached hydrogens (tertiary/aromatic N) is 4. The number of hydrogen-bond donors (Lipinski definition) is 1. The van der Waals surface area contributed by atoms with Gasteiger partial charge in [-0.25, -0.2) is 14.2 Å². The molecule has 2 aliphatic rings. The number of benzene rings is 1. The first kappa shape index (κ1) is 20.0. The van der Waals surface area contributed by atoms with E-state index in [-0.39, 0.29) is 12.5 Å². The summed E-state index contributed by atoms with van der Waals surface area (Å²) in [5, 5.41) is 6.76. The summed E-state index contributed by atoms with van der Waals surface area (Å²) in [7, 11) is 0. The van der Waals surface area contributed by atoms with Crippen molar-refractivity contribution in [1.82, 2.24) is 10.1 Å². The summed E-state index contributed by atoms with van der Waals surface area (Å²) in [5.74, 6) is 0.682. The highest BCUT2D eigenvalue weighted by molar-refractivity contribution is 5.94. The molecule has 0 bridgehead atoms. The van der Waals surface area contributed by atoms with Crippen LogP contribution in [0.15, 0.2) is 53.4 Å². The maximum absolute atomic E-state index is 14.9. The minimum absolute atomic E-state index is 0.0489. The van der Waals surface area contributed by atoms with E-state index in [2.05, 4.69) is 15.5 Å². The molecule has 9 nitrogen and oxygen atoms in total. The second-order valence-corrected chi connectivity index (χ2v) is 7.60. The monoisotopic (exact) mass is 437 g/mol. The number of anilines is 3. The maximum Gasteiger partial charge on any atom is 0.414 e. The lowest BCUT2D eigenvalue weighted by molar-refractivity contribution is -0.117. The van der Waals surface area contributed by atoms with Crippen molar-refractivity contribution in [2.75, 3.05) is 34.8 Å². The topological polar surface area (TPSA) is 101 Å². The van der Waals surface area contributed by atoms with E-state index >= 15 is 0 Å². The molecule has 0 saturated carbocycles. The van der Waals surface area contributed by atoms with E-state index < -0.39 is 18.0 Å². The van der Waals surface area contributed by atoms with Crippen molar-refractivity contribution in [3.05, 3.63) is 54.7 Å². The summed E-state index contributed by atoms with van der Waals surface area (Å²) in [6.45, 7) is 1.28. The molecule has 1 atom stereocenters. The Labute approximate surface area is 182 Å². The number of ether oxygens (including phenoxy) is 1. The molecule has 2 aromatic heterocycles. The Hall–Kier alpha value is -3.95. The van der Waals surface area contributed by atoms with Crippen LogP contribution in [0.2, 0.25) is 0 Å². The van der Waals surface area contributed by atoms with Gasteiger partial charge in [-0.1, -0.05) is 5.16 Å². The van der Waals surface area contributed by atoms with Crippen LogP contribution in [-0.4, -0.2) is 47.9 Å². The van der Waals surface area contributed by atoms with E-state index in [0.29, 0.717) is 48.0 Å². The highest BCUT2D eigenvalue weighted by Crippen LogP contribution is 2.30. The zero-order valence-electron chi connectivity index (χ0n) is 17.0. The molecular formula is C22H20FN5O4. The number of pyridine rings is 1. The highest BCUT2D eigenvalue weighted by atomic mass is 19.1. The number of nitrogens with one attached hydrogen (secondary N) is 1. The molecule has 32 heavy (non-hydrogen) atoms. The maximum atomic E-state index is 14.9. The molecule has 5 rings (SSSR count). The number of rotatable bonds is 6. The number of carbonyl (C=O) groups excluding carboxylic acids is 2. The quantitative estimate of drug-likeness (QED) is 0.630. The van der Waals surface area contributed by atoms with Crippen LogP contribution in [-0.2, 0) is 9.53 Å². The van der Waals surface area contributed by atoms with Gasteiger partial charge in [0.2, 0.25) is 5.91 Å². The molecule has 2 amide bonds. The predicted octanol–water partition coefficient (Wildman–Crippen LogP) is 3.44. The van der Waals surface area contributed by atoms with Crippen LogP contribution in [0, 0.1) is 5.82 Å². The average molecular weight is 437 g/mol. The van der Waals surface area contributed by atoms with Gasteiger partial charge in [-0.15, -0.1) is 0 Å². The van der Waals surface area contributed by atoms with Crippen molar-refractivity contribution in [2.45, 2.75) is 18.9 Å². The van der Waals surface area contributed by atoms with Crippen LogP contribution in [0.4, 0.5) is 26.5 Å². The number of hydrogen-bond acceptors (Lipinski definition) is 7. The van der Waals surface area contributed by atoms with Gasteiger partial charge < -0.3 is 14.6 Å². The fourth-order valence-electron chi connectivity index (χ4n) is 3.86. The molecule has 2 aliphatic heterocycles. The summed E-state index contributed by atoms with van der Waals surface area (Å²) < 4.78 is 25.0. The molecule has 1 N–H and O–H groups in total. The fraction of sp³-hybridized carbons (Fsp3) is 0.273. The van der Waals surface area contributed by atoms with E-state index in [1.165, 1.54) is 17.2 Å². The first-order valence-electron chi connectivity index (χ1n) is 10.3. The van der Waals surface area contributed by atoms with Gasteiger partial charge in [-0.3, -0.25) is 14.6 Å². The lowest BCUT2D eigenvalue weighted by Gasteiger charge is -2.16. The summed E-state index contributed by atoms with van der Waals surface area (Å²) in [6.07, 6.45) is 3.38. The van der Waals surface area contributed by atoms with Gasteiger partial charge in [-0.05, 0) is 36.8 Å². The van der Waals surface area contributed by atoms with E-state index in [0.717, 1.165) is 6.42 Å². The number of aromatic nitrogens is 2. The molecule has 0 aliphatic carbocycles. The Morgan fingerprint density at radius 3 is 2.75 bits per heavy atom. The Morgan fingerprint density at radius 2 is 2.06 bits per heavy atom.